The Morgan fingerprint density at radius 1 is 1.33 bits per heavy atom. The summed E-state index contributed by atoms with van der Waals surface area (Å²) in [6.07, 6.45) is 1.69. The summed E-state index contributed by atoms with van der Waals surface area (Å²) >= 11 is 0. The molecule has 0 unspecified atom stereocenters. The van der Waals surface area contributed by atoms with E-state index >= 15 is 0 Å². The summed E-state index contributed by atoms with van der Waals surface area (Å²) in [6.45, 7) is 11.9. The molecule has 0 aromatic carbocycles. The molecular formula is C16H26N4O. The van der Waals surface area contributed by atoms with E-state index in [1.165, 1.54) is 0 Å². The van der Waals surface area contributed by atoms with Crippen molar-refractivity contribution in [3.8, 4) is 0 Å². The topological polar surface area (TPSA) is 48.5 Å². The molecule has 1 aliphatic heterocycles. The van der Waals surface area contributed by atoms with Gasteiger partial charge >= 0.3 is 0 Å². The monoisotopic (exact) mass is 290 g/mol. The number of amides is 1. The minimum absolute atomic E-state index is 0.0407. The van der Waals surface area contributed by atoms with Crippen molar-refractivity contribution in [1.82, 2.24) is 14.8 Å². The molecule has 1 amide bonds. The van der Waals surface area contributed by atoms with E-state index in [1.54, 1.807) is 6.20 Å². The minimum atomic E-state index is 0.0407. The zero-order valence-corrected chi connectivity index (χ0v) is 13.3. The lowest BCUT2D eigenvalue weighted by Crippen LogP contribution is -2.49. The van der Waals surface area contributed by atoms with Gasteiger partial charge in [0.15, 0.2) is 0 Å². The van der Waals surface area contributed by atoms with Crippen LogP contribution in [0.2, 0.25) is 0 Å². The summed E-state index contributed by atoms with van der Waals surface area (Å²) in [7, 11) is 0. The van der Waals surface area contributed by atoms with Gasteiger partial charge in [0.1, 0.15) is 5.69 Å². The van der Waals surface area contributed by atoms with Crippen LogP contribution in [0.4, 0.5) is 5.69 Å². The molecule has 0 saturated carbocycles. The van der Waals surface area contributed by atoms with Crippen LogP contribution in [-0.2, 0) is 0 Å². The van der Waals surface area contributed by atoms with Crippen LogP contribution in [0.1, 0.15) is 31.3 Å². The first-order valence-corrected chi connectivity index (χ1v) is 7.81. The van der Waals surface area contributed by atoms with Gasteiger partial charge in [0.05, 0.1) is 0 Å². The van der Waals surface area contributed by atoms with E-state index in [0.717, 1.165) is 45.0 Å². The lowest BCUT2D eigenvalue weighted by molar-refractivity contribution is 0.0618. The maximum absolute atomic E-state index is 12.5. The summed E-state index contributed by atoms with van der Waals surface area (Å²) in [5.41, 5.74) is 1.49. The molecule has 116 valence electrons. The van der Waals surface area contributed by atoms with Gasteiger partial charge in [0.25, 0.3) is 5.91 Å². The maximum atomic E-state index is 12.5. The first-order valence-electron chi connectivity index (χ1n) is 7.81. The van der Waals surface area contributed by atoms with E-state index in [9.17, 15) is 4.79 Å². The Kier molecular flexibility index (Phi) is 5.56. The molecule has 2 rings (SSSR count). The van der Waals surface area contributed by atoms with Gasteiger partial charge in [-0.25, -0.2) is 0 Å². The SMILES string of the molecule is CCNc1ccnc(C(=O)N2CCN(CC(C)C)CC2)c1. The maximum Gasteiger partial charge on any atom is 0.272 e. The lowest BCUT2D eigenvalue weighted by Gasteiger charge is -2.35. The van der Waals surface area contributed by atoms with Crippen LogP contribution < -0.4 is 5.32 Å². The van der Waals surface area contributed by atoms with Gasteiger partial charge in [-0.1, -0.05) is 13.8 Å². The second-order valence-corrected chi connectivity index (χ2v) is 5.95. The van der Waals surface area contributed by atoms with Crippen molar-refractivity contribution < 1.29 is 4.79 Å². The Morgan fingerprint density at radius 2 is 2.05 bits per heavy atom. The van der Waals surface area contributed by atoms with Crippen molar-refractivity contribution in [3.05, 3.63) is 24.0 Å². The van der Waals surface area contributed by atoms with Crippen LogP contribution >= 0.6 is 0 Å². The lowest BCUT2D eigenvalue weighted by atomic mass is 10.2. The number of nitrogens with one attached hydrogen (secondary N) is 1. The Bertz CT molecular complexity index is 467. The van der Waals surface area contributed by atoms with Crippen LogP contribution in [0.25, 0.3) is 0 Å². The molecule has 5 heteroatoms. The third-order valence-electron chi connectivity index (χ3n) is 3.64. The van der Waals surface area contributed by atoms with Gasteiger partial charge in [-0.3, -0.25) is 14.7 Å². The summed E-state index contributed by atoms with van der Waals surface area (Å²) in [6, 6.07) is 3.73. The van der Waals surface area contributed by atoms with Crippen molar-refractivity contribution in [3.63, 3.8) is 0 Å². The van der Waals surface area contributed by atoms with Gasteiger partial charge < -0.3 is 10.2 Å². The second kappa shape index (κ2) is 7.41. The van der Waals surface area contributed by atoms with E-state index in [2.05, 4.69) is 29.0 Å². The third-order valence-corrected chi connectivity index (χ3v) is 3.64. The standard InChI is InChI=1S/C16H26N4O/c1-4-17-14-5-6-18-15(11-14)16(21)20-9-7-19(8-10-20)12-13(2)3/h5-6,11,13H,4,7-10,12H2,1-3H3,(H,17,18). The number of carbonyl (C=O) groups excluding carboxylic acids is 1. The number of aromatic nitrogens is 1. The number of nitrogens with zero attached hydrogens (tertiary/aromatic N) is 3. The van der Waals surface area contributed by atoms with Crippen LogP contribution in [0.15, 0.2) is 18.3 Å². The molecule has 1 N–H and O–H groups in total. The van der Waals surface area contributed by atoms with Gasteiger partial charge in [-0.05, 0) is 25.0 Å². The smallest absolute Gasteiger partial charge is 0.272 e. The summed E-state index contributed by atoms with van der Waals surface area (Å²) in [5, 5.41) is 3.22. The normalized spacial score (nSPS) is 16.3. The number of piperazine rings is 1. The number of hydrogen-bond acceptors (Lipinski definition) is 4. The molecule has 0 atom stereocenters. The van der Waals surface area contributed by atoms with E-state index in [0.29, 0.717) is 11.6 Å². The van der Waals surface area contributed by atoms with Crippen molar-refractivity contribution in [1.29, 1.82) is 0 Å². The number of hydrogen-bond donors (Lipinski definition) is 1. The van der Waals surface area contributed by atoms with Crippen molar-refractivity contribution >= 4 is 11.6 Å². The number of anilines is 1. The third kappa shape index (κ3) is 4.43. The number of carbonyl (C=O) groups is 1. The molecule has 0 spiro atoms. The molecule has 1 aromatic heterocycles. The Balaban J connectivity index is 1.94. The minimum Gasteiger partial charge on any atom is -0.385 e. The summed E-state index contributed by atoms with van der Waals surface area (Å²) in [5.74, 6) is 0.713. The van der Waals surface area contributed by atoms with Crippen molar-refractivity contribution in [2.75, 3.05) is 44.6 Å². The quantitative estimate of drug-likeness (QED) is 0.900. The Morgan fingerprint density at radius 3 is 2.67 bits per heavy atom. The molecule has 1 aliphatic rings. The fourth-order valence-corrected chi connectivity index (χ4v) is 2.67. The van der Waals surface area contributed by atoms with Crippen LogP contribution in [0.3, 0.4) is 0 Å². The molecule has 1 aromatic rings. The molecule has 0 bridgehead atoms. The first-order chi connectivity index (χ1) is 10.1. The molecule has 0 aliphatic carbocycles. The van der Waals surface area contributed by atoms with Crippen molar-refractivity contribution in [2.45, 2.75) is 20.8 Å². The highest BCUT2D eigenvalue weighted by atomic mass is 16.2. The first kappa shape index (κ1) is 15.8. The van der Waals surface area contributed by atoms with Crippen LogP contribution in [0.5, 0.6) is 0 Å². The van der Waals surface area contributed by atoms with E-state index < -0.39 is 0 Å². The zero-order valence-electron chi connectivity index (χ0n) is 13.3. The summed E-state index contributed by atoms with van der Waals surface area (Å²) in [4.78, 5) is 21.1. The Labute approximate surface area is 127 Å². The van der Waals surface area contributed by atoms with Crippen LogP contribution in [0, 0.1) is 5.92 Å². The molecule has 21 heavy (non-hydrogen) atoms. The van der Waals surface area contributed by atoms with Gasteiger partial charge in [0, 0.05) is 51.2 Å². The van der Waals surface area contributed by atoms with E-state index in [1.807, 2.05) is 24.0 Å². The number of pyridine rings is 1. The second-order valence-electron chi connectivity index (χ2n) is 5.95. The summed E-state index contributed by atoms with van der Waals surface area (Å²) < 4.78 is 0. The molecule has 1 saturated heterocycles. The highest BCUT2D eigenvalue weighted by Gasteiger charge is 2.23. The largest absolute Gasteiger partial charge is 0.385 e. The van der Waals surface area contributed by atoms with Gasteiger partial charge in [0.2, 0.25) is 0 Å². The Hall–Kier alpha value is -1.62. The predicted octanol–water partition coefficient (Wildman–Crippen LogP) is 1.93. The fraction of sp³-hybridized carbons (Fsp3) is 0.625. The highest BCUT2D eigenvalue weighted by molar-refractivity contribution is 5.93. The average Bonchev–Trinajstić information content (AvgIpc) is 2.47. The van der Waals surface area contributed by atoms with E-state index in [-0.39, 0.29) is 5.91 Å². The van der Waals surface area contributed by atoms with Gasteiger partial charge in [-0.2, -0.15) is 0 Å². The molecule has 2 heterocycles. The predicted molar refractivity (Wildman–Crippen MR) is 85.6 cm³/mol. The van der Waals surface area contributed by atoms with Gasteiger partial charge in [-0.15, -0.1) is 0 Å². The molecule has 5 nitrogen and oxygen atoms in total. The molecular weight excluding hydrogens is 264 g/mol. The number of rotatable bonds is 5. The van der Waals surface area contributed by atoms with E-state index in [4.69, 9.17) is 0 Å². The highest BCUT2D eigenvalue weighted by Crippen LogP contribution is 2.12. The molecule has 0 radical (unpaired) electrons. The van der Waals surface area contributed by atoms with Crippen molar-refractivity contribution in [2.24, 2.45) is 5.92 Å². The molecule has 1 fully saturated rings. The average molecular weight is 290 g/mol. The van der Waals surface area contributed by atoms with Crippen LogP contribution in [-0.4, -0.2) is 60.0 Å². The fourth-order valence-electron chi connectivity index (χ4n) is 2.67. The zero-order chi connectivity index (χ0) is 15.2.